The van der Waals surface area contributed by atoms with Crippen molar-refractivity contribution in [1.82, 2.24) is 9.62 Å². The van der Waals surface area contributed by atoms with Crippen molar-refractivity contribution >= 4 is 21.6 Å². The third-order valence-corrected chi connectivity index (χ3v) is 6.55. The molecule has 1 aliphatic heterocycles. The zero-order chi connectivity index (χ0) is 19.4. The summed E-state index contributed by atoms with van der Waals surface area (Å²) in [4.78, 5) is 12.6. The second-order valence-electron chi connectivity index (χ2n) is 6.58. The summed E-state index contributed by atoms with van der Waals surface area (Å²) in [5, 5.41) is 6.00. The van der Waals surface area contributed by atoms with E-state index >= 15 is 0 Å². The second kappa shape index (κ2) is 8.24. The minimum atomic E-state index is -3.62. The highest BCUT2D eigenvalue weighted by Crippen LogP contribution is 2.26. The number of sulfonamides is 1. The van der Waals surface area contributed by atoms with E-state index in [1.807, 2.05) is 25.1 Å². The van der Waals surface area contributed by atoms with Crippen LogP contribution in [-0.4, -0.2) is 38.3 Å². The standard InChI is InChI=1S/C19H25N3O4S/c1-3-20-13-15-7-6-8-16(11-15)21-19(23)17-12-18(14(2)26-17)27(24,25)22-9-4-5-10-22/h6-8,11-12,20H,3-5,9-10,13H2,1-2H3,(H,21,23). The first-order valence-electron chi connectivity index (χ1n) is 9.13. The molecule has 7 nitrogen and oxygen atoms in total. The fourth-order valence-corrected chi connectivity index (χ4v) is 4.80. The van der Waals surface area contributed by atoms with E-state index in [2.05, 4.69) is 10.6 Å². The number of hydrogen-bond acceptors (Lipinski definition) is 5. The molecule has 1 aliphatic rings. The van der Waals surface area contributed by atoms with Gasteiger partial charge in [-0.2, -0.15) is 4.31 Å². The molecule has 1 aromatic heterocycles. The first-order chi connectivity index (χ1) is 12.9. The van der Waals surface area contributed by atoms with E-state index in [0.29, 0.717) is 25.3 Å². The quantitative estimate of drug-likeness (QED) is 0.757. The molecule has 1 saturated heterocycles. The van der Waals surface area contributed by atoms with Gasteiger partial charge in [-0.15, -0.1) is 0 Å². The van der Waals surface area contributed by atoms with Crippen LogP contribution in [0.3, 0.4) is 0 Å². The molecule has 0 unspecified atom stereocenters. The lowest BCUT2D eigenvalue weighted by Crippen LogP contribution is -2.28. The summed E-state index contributed by atoms with van der Waals surface area (Å²) < 4.78 is 32.3. The SMILES string of the molecule is CCNCc1cccc(NC(=O)c2cc(S(=O)(=O)N3CCCC3)c(C)o2)c1. The van der Waals surface area contributed by atoms with E-state index < -0.39 is 15.9 Å². The minimum absolute atomic E-state index is 0.0117. The summed E-state index contributed by atoms with van der Waals surface area (Å²) in [6.45, 7) is 6.17. The number of nitrogens with one attached hydrogen (secondary N) is 2. The highest BCUT2D eigenvalue weighted by molar-refractivity contribution is 7.89. The van der Waals surface area contributed by atoms with Crippen molar-refractivity contribution in [2.45, 2.75) is 38.1 Å². The Hall–Kier alpha value is -2.16. The number of anilines is 1. The monoisotopic (exact) mass is 391 g/mol. The third kappa shape index (κ3) is 4.40. The van der Waals surface area contributed by atoms with Crippen molar-refractivity contribution in [1.29, 1.82) is 0 Å². The number of nitrogens with zero attached hydrogens (tertiary/aromatic N) is 1. The van der Waals surface area contributed by atoms with Crippen molar-refractivity contribution < 1.29 is 17.6 Å². The zero-order valence-electron chi connectivity index (χ0n) is 15.6. The van der Waals surface area contributed by atoms with Gasteiger partial charge in [0.1, 0.15) is 10.7 Å². The number of carbonyl (C=O) groups excluding carboxylic acids is 1. The van der Waals surface area contributed by atoms with Gasteiger partial charge in [0.2, 0.25) is 10.0 Å². The van der Waals surface area contributed by atoms with Gasteiger partial charge in [-0.3, -0.25) is 4.79 Å². The van der Waals surface area contributed by atoms with Crippen LogP contribution < -0.4 is 10.6 Å². The first-order valence-corrected chi connectivity index (χ1v) is 10.6. The minimum Gasteiger partial charge on any atom is -0.455 e. The number of carbonyl (C=O) groups is 1. The maximum absolute atomic E-state index is 12.7. The van der Waals surface area contributed by atoms with Gasteiger partial charge in [-0.05, 0) is 44.0 Å². The Bertz CT molecular complexity index is 915. The van der Waals surface area contributed by atoms with Gasteiger partial charge in [0.25, 0.3) is 5.91 Å². The van der Waals surface area contributed by atoms with Gasteiger partial charge >= 0.3 is 0 Å². The molecule has 2 aromatic rings. The highest BCUT2D eigenvalue weighted by Gasteiger charge is 2.31. The molecule has 2 heterocycles. The van der Waals surface area contributed by atoms with Gasteiger partial charge in [-0.1, -0.05) is 19.1 Å². The van der Waals surface area contributed by atoms with E-state index in [1.165, 1.54) is 10.4 Å². The van der Waals surface area contributed by atoms with Crippen LogP contribution in [0.25, 0.3) is 0 Å². The molecule has 1 aromatic carbocycles. The largest absolute Gasteiger partial charge is 0.455 e. The van der Waals surface area contributed by atoms with Crippen LogP contribution in [-0.2, 0) is 16.6 Å². The van der Waals surface area contributed by atoms with E-state index in [4.69, 9.17) is 4.42 Å². The van der Waals surface area contributed by atoms with Crippen molar-refractivity contribution in [3.05, 3.63) is 47.4 Å². The van der Waals surface area contributed by atoms with Gasteiger partial charge < -0.3 is 15.1 Å². The average molecular weight is 391 g/mol. The molecular weight excluding hydrogens is 366 g/mol. The molecule has 3 rings (SSSR count). The van der Waals surface area contributed by atoms with E-state index in [0.717, 1.165) is 24.9 Å². The van der Waals surface area contributed by atoms with Crippen LogP contribution in [0.5, 0.6) is 0 Å². The predicted octanol–water partition coefficient (Wildman–Crippen LogP) is 2.73. The Balaban J connectivity index is 1.76. The molecule has 27 heavy (non-hydrogen) atoms. The normalized spacial score (nSPS) is 15.2. The van der Waals surface area contributed by atoms with E-state index in [-0.39, 0.29) is 16.4 Å². The Kier molecular flexibility index (Phi) is 5.98. The van der Waals surface area contributed by atoms with Gasteiger partial charge in [0, 0.05) is 31.4 Å². The molecule has 1 fully saturated rings. The van der Waals surface area contributed by atoms with Crippen molar-refractivity contribution in [3.63, 3.8) is 0 Å². The van der Waals surface area contributed by atoms with Crippen molar-refractivity contribution in [3.8, 4) is 0 Å². The zero-order valence-corrected chi connectivity index (χ0v) is 16.4. The third-order valence-electron chi connectivity index (χ3n) is 4.54. The summed E-state index contributed by atoms with van der Waals surface area (Å²) in [7, 11) is -3.62. The van der Waals surface area contributed by atoms with E-state index in [9.17, 15) is 13.2 Å². The van der Waals surface area contributed by atoms with Crippen LogP contribution >= 0.6 is 0 Å². The lowest BCUT2D eigenvalue weighted by molar-refractivity contribution is 0.0995. The smallest absolute Gasteiger partial charge is 0.291 e. The lowest BCUT2D eigenvalue weighted by Gasteiger charge is -2.14. The lowest BCUT2D eigenvalue weighted by atomic mass is 10.2. The molecule has 0 aliphatic carbocycles. The Morgan fingerprint density at radius 1 is 1.22 bits per heavy atom. The molecule has 8 heteroatoms. The Labute approximate surface area is 159 Å². The van der Waals surface area contributed by atoms with Crippen LogP contribution in [0.2, 0.25) is 0 Å². The topological polar surface area (TPSA) is 91.6 Å². The fourth-order valence-electron chi connectivity index (χ4n) is 3.12. The number of furan rings is 1. The summed E-state index contributed by atoms with van der Waals surface area (Å²) in [5.41, 5.74) is 1.68. The summed E-state index contributed by atoms with van der Waals surface area (Å²) in [6, 6.07) is 8.80. The number of benzene rings is 1. The van der Waals surface area contributed by atoms with Gasteiger partial charge in [0.15, 0.2) is 5.76 Å². The van der Waals surface area contributed by atoms with Crippen molar-refractivity contribution in [2.24, 2.45) is 0 Å². The van der Waals surface area contributed by atoms with Crippen LogP contribution in [0, 0.1) is 6.92 Å². The number of amides is 1. The summed E-state index contributed by atoms with van der Waals surface area (Å²) >= 11 is 0. The van der Waals surface area contributed by atoms with Crippen molar-refractivity contribution in [2.75, 3.05) is 25.0 Å². The maximum atomic E-state index is 12.7. The number of rotatable bonds is 7. The summed E-state index contributed by atoms with van der Waals surface area (Å²) in [6.07, 6.45) is 1.71. The van der Waals surface area contributed by atoms with Crippen LogP contribution in [0.15, 0.2) is 39.6 Å². The first kappa shape index (κ1) is 19.6. The van der Waals surface area contributed by atoms with Gasteiger partial charge in [0.05, 0.1) is 0 Å². The molecule has 1 amide bonds. The Morgan fingerprint density at radius 2 is 1.96 bits per heavy atom. The molecule has 0 saturated carbocycles. The maximum Gasteiger partial charge on any atom is 0.291 e. The summed E-state index contributed by atoms with van der Waals surface area (Å²) in [5.74, 6) is -0.253. The molecule has 0 atom stereocenters. The number of hydrogen-bond donors (Lipinski definition) is 2. The number of aryl methyl sites for hydroxylation is 1. The molecule has 2 N–H and O–H groups in total. The van der Waals surface area contributed by atoms with Crippen LogP contribution in [0.4, 0.5) is 5.69 Å². The Morgan fingerprint density at radius 3 is 2.67 bits per heavy atom. The fraction of sp³-hybridized carbons (Fsp3) is 0.421. The van der Waals surface area contributed by atoms with E-state index in [1.54, 1.807) is 13.0 Å². The second-order valence-corrected chi connectivity index (χ2v) is 8.48. The predicted molar refractivity (Wildman–Crippen MR) is 103 cm³/mol. The molecule has 0 spiro atoms. The molecule has 146 valence electrons. The molecule has 0 bridgehead atoms. The molecule has 0 radical (unpaired) electrons. The highest BCUT2D eigenvalue weighted by atomic mass is 32.2. The van der Waals surface area contributed by atoms with Crippen LogP contribution in [0.1, 0.15) is 41.6 Å². The average Bonchev–Trinajstić information content (AvgIpc) is 3.30. The van der Waals surface area contributed by atoms with Gasteiger partial charge in [-0.25, -0.2) is 8.42 Å². The molecular formula is C19H25N3O4S.